The highest BCUT2D eigenvalue weighted by atomic mass is 79.9. The quantitative estimate of drug-likeness (QED) is 0.644. The molecule has 0 saturated heterocycles. The number of carbonyl (C=O) groups excluding carboxylic acids is 2. The number of aromatic nitrogens is 1. The Hall–Kier alpha value is -2.16. The fraction of sp³-hybridized carbons (Fsp3) is 0.235. The van der Waals surface area contributed by atoms with Gasteiger partial charge in [0.15, 0.2) is 0 Å². The number of methoxy groups -OCH3 is 1. The lowest BCUT2D eigenvalue weighted by atomic mass is 10.2. The second kappa shape index (κ2) is 9.51. The number of nitrogens with zero attached hydrogens (tertiary/aromatic N) is 1. The van der Waals surface area contributed by atoms with E-state index in [-0.39, 0.29) is 23.0 Å². The topological polar surface area (TPSA) is 89.4 Å². The molecule has 0 saturated carbocycles. The van der Waals surface area contributed by atoms with E-state index in [1.165, 1.54) is 29.0 Å². The maximum atomic E-state index is 12.1. The number of ether oxygens (including phenoxy) is 1. The fourth-order valence-corrected chi connectivity index (χ4v) is 2.77. The summed E-state index contributed by atoms with van der Waals surface area (Å²) in [6, 6.07) is 7.54. The number of hydrogen-bond donors (Lipinski definition) is 2. The van der Waals surface area contributed by atoms with Crippen LogP contribution in [-0.4, -0.2) is 36.6 Å². The lowest BCUT2D eigenvalue weighted by Gasteiger charge is -2.10. The SMILES string of the molecule is COCCNC(=O)c1ccc(NC(=O)Cn2cc(Br)ccc2=O)cc1Cl. The second-order valence-corrected chi connectivity index (χ2v) is 6.63. The van der Waals surface area contributed by atoms with Crippen molar-refractivity contribution in [3.05, 3.63) is 61.9 Å². The Morgan fingerprint density at radius 3 is 2.73 bits per heavy atom. The zero-order chi connectivity index (χ0) is 19.1. The van der Waals surface area contributed by atoms with E-state index in [2.05, 4.69) is 26.6 Å². The Balaban J connectivity index is 2.02. The molecule has 0 fully saturated rings. The van der Waals surface area contributed by atoms with Crippen molar-refractivity contribution in [2.45, 2.75) is 6.54 Å². The van der Waals surface area contributed by atoms with Crippen LogP contribution in [0.5, 0.6) is 0 Å². The van der Waals surface area contributed by atoms with Gasteiger partial charge in [-0.2, -0.15) is 0 Å². The average molecular weight is 443 g/mol. The zero-order valence-electron chi connectivity index (χ0n) is 13.9. The summed E-state index contributed by atoms with van der Waals surface area (Å²) in [6.45, 7) is 0.618. The van der Waals surface area contributed by atoms with E-state index in [9.17, 15) is 14.4 Å². The number of amides is 2. The van der Waals surface area contributed by atoms with Crippen molar-refractivity contribution in [1.29, 1.82) is 0 Å². The molecule has 1 heterocycles. The minimum Gasteiger partial charge on any atom is -0.383 e. The summed E-state index contributed by atoms with van der Waals surface area (Å²) in [7, 11) is 1.54. The number of carbonyl (C=O) groups is 2. The van der Waals surface area contributed by atoms with E-state index in [0.717, 1.165) is 0 Å². The van der Waals surface area contributed by atoms with Crippen molar-refractivity contribution in [3.63, 3.8) is 0 Å². The Labute approximate surface area is 163 Å². The molecule has 0 radical (unpaired) electrons. The first-order valence-electron chi connectivity index (χ1n) is 7.63. The van der Waals surface area contributed by atoms with Crippen molar-refractivity contribution in [1.82, 2.24) is 9.88 Å². The van der Waals surface area contributed by atoms with Crippen LogP contribution in [0.2, 0.25) is 5.02 Å². The van der Waals surface area contributed by atoms with Crippen molar-refractivity contribution < 1.29 is 14.3 Å². The summed E-state index contributed by atoms with van der Waals surface area (Å²) < 4.78 is 6.83. The van der Waals surface area contributed by atoms with Crippen LogP contribution in [0.3, 0.4) is 0 Å². The molecule has 26 heavy (non-hydrogen) atoms. The number of nitrogens with one attached hydrogen (secondary N) is 2. The first-order chi connectivity index (χ1) is 12.4. The lowest BCUT2D eigenvalue weighted by molar-refractivity contribution is -0.116. The largest absolute Gasteiger partial charge is 0.383 e. The summed E-state index contributed by atoms with van der Waals surface area (Å²) in [5.41, 5.74) is 0.435. The van der Waals surface area contributed by atoms with Gasteiger partial charge in [0.25, 0.3) is 11.5 Å². The van der Waals surface area contributed by atoms with Gasteiger partial charge in [0, 0.05) is 36.1 Å². The molecule has 0 atom stereocenters. The van der Waals surface area contributed by atoms with Crippen LogP contribution in [0.4, 0.5) is 5.69 Å². The number of hydrogen-bond acceptors (Lipinski definition) is 4. The van der Waals surface area contributed by atoms with Crippen LogP contribution >= 0.6 is 27.5 Å². The standard InChI is InChI=1S/C17H17BrClN3O4/c1-26-7-6-20-17(25)13-4-3-12(8-14(13)19)21-15(23)10-22-9-11(18)2-5-16(22)24/h2-5,8-9H,6-7,10H2,1H3,(H,20,25)(H,21,23). The van der Waals surface area contributed by atoms with E-state index in [1.54, 1.807) is 19.2 Å². The Morgan fingerprint density at radius 2 is 2.04 bits per heavy atom. The summed E-state index contributed by atoms with van der Waals surface area (Å²) in [5.74, 6) is -0.718. The fourth-order valence-electron chi connectivity index (χ4n) is 2.12. The zero-order valence-corrected chi connectivity index (χ0v) is 16.3. The Bertz CT molecular complexity index is 869. The molecule has 2 amide bonds. The first kappa shape index (κ1) is 20.2. The van der Waals surface area contributed by atoms with E-state index in [0.29, 0.717) is 28.9 Å². The molecule has 0 aliphatic heterocycles. The molecular weight excluding hydrogens is 426 g/mol. The smallest absolute Gasteiger partial charge is 0.252 e. The predicted molar refractivity (Wildman–Crippen MR) is 103 cm³/mol. The van der Waals surface area contributed by atoms with Gasteiger partial charge < -0.3 is 19.9 Å². The van der Waals surface area contributed by atoms with Crippen molar-refractivity contribution in [2.24, 2.45) is 0 Å². The third kappa shape index (κ3) is 5.69. The average Bonchev–Trinajstić information content (AvgIpc) is 2.58. The van der Waals surface area contributed by atoms with Crippen molar-refractivity contribution in [3.8, 4) is 0 Å². The number of halogens is 2. The molecule has 2 N–H and O–H groups in total. The lowest BCUT2D eigenvalue weighted by Crippen LogP contribution is -2.27. The maximum absolute atomic E-state index is 12.1. The van der Waals surface area contributed by atoms with Crippen molar-refractivity contribution >= 4 is 45.0 Å². The summed E-state index contributed by atoms with van der Waals surface area (Å²) in [6.07, 6.45) is 1.53. The van der Waals surface area contributed by atoms with Gasteiger partial charge in [0.05, 0.1) is 17.2 Å². The van der Waals surface area contributed by atoms with Gasteiger partial charge in [-0.25, -0.2) is 0 Å². The van der Waals surface area contributed by atoms with Crippen LogP contribution in [0.1, 0.15) is 10.4 Å². The molecule has 0 aliphatic carbocycles. The van der Waals surface area contributed by atoms with Crippen LogP contribution in [0.25, 0.3) is 0 Å². The molecular formula is C17H17BrClN3O4. The monoisotopic (exact) mass is 441 g/mol. The predicted octanol–water partition coefficient (Wildman–Crippen LogP) is 2.28. The molecule has 0 spiro atoms. The van der Waals surface area contributed by atoms with Gasteiger partial charge in [-0.3, -0.25) is 14.4 Å². The summed E-state index contributed by atoms with van der Waals surface area (Å²) >= 11 is 9.37. The molecule has 9 heteroatoms. The Kier molecular flexibility index (Phi) is 7.38. The number of anilines is 1. The van der Waals surface area contributed by atoms with Gasteiger partial charge in [-0.05, 0) is 40.2 Å². The molecule has 0 unspecified atom stereocenters. The highest BCUT2D eigenvalue weighted by Crippen LogP contribution is 2.21. The molecule has 0 bridgehead atoms. The molecule has 138 valence electrons. The van der Waals surface area contributed by atoms with Gasteiger partial charge >= 0.3 is 0 Å². The van der Waals surface area contributed by atoms with Gasteiger partial charge in [-0.15, -0.1) is 0 Å². The Morgan fingerprint density at radius 1 is 1.27 bits per heavy atom. The van der Waals surface area contributed by atoms with E-state index in [4.69, 9.17) is 16.3 Å². The number of pyridine rings is 1. The summed E-state index contributed by atoms with van der Waals surface area (Å²) in [5, 5.41) is 5.52. The number of rotatable bonds is 7. The molecule has 0 aliphatic rings. The van der Waals surface area contributed by atoms with Gasteiger partial charge in [0.1, 0.15) is 6.54 Å². The second-order valence-electron chi connectivity index (χ2n) is 5.30. The van der Waals surface area contributed by atoms with E-state index >= 15 is 0 Å². The minimum absolute atomic E-state index is 0.144. The van der Waals surface area contributed by atoms with E-state index < -0.39 is 5.91 Å². The highest BCUT2D eigenvalue weighted by Gasteiger charge is 2.12. The molecule has 1 aromatic carbocycles. The van der Waals surface area contributed by atoms with Crippen LogP contribution in [0, 0.1) is 0 Å². The molecule has 1 aromatic heterocycles. The van der Waals surface area contributed by atoms with Crippen LogP contribution < -0.4 is 16.2 Å². The van der Waals surface area contributed by atoms with Gasteiger partial charge in [-0.1, -0.05) is 11.6 Å². The minimum atomic E-state index is -0.390. The highest BCUT2D eigenvalue weighted by molar-refractivity contribution is 9.10. The third-order valence-corrected chi connectivity index (χ3v) is 4.13. The van der Waals surface area contributed by atoms with Crippen molar-refractivity contribution in [2.75, 3.05) is 25.6 Å². The number of benzene rings is 1. The van der Waals surface area contributed by atoms with Gasteiger partial charge in [0.2, 0.25) is 5.91 Å². The normalized spacial score (nSPS) is 10.4. The molecule has 2 aromatic rings. The van der Waals surface area contributed by atoms with Crippen LogP contribution in [0.15, 0.2) is 45.8 Å². The molecule has 7 nitrogen and oxygen atoms in total. The summed E-state index contributed by atoms with van der Waals surface area (Å²) in [4.78, 5) is 35.9. The molecule has 2 rings (SSSR count). The van der Waals surface area contributed by atoms with E-state index in [1.807, 2.05) is 0 Å². The third-order valence-electron chi connectivity index (χ3n) is 3.35. The van der Waals surface area contributed by atoms with Crippen LogP contribution in [-0.2, 0) is 16.1 Å². The maximum Gasteiger partial charge on any atom is 0.252 e. The first-order valence-corrected chi connectivity index (χ1v) is 8.80.